The van der Waals surface area contributed by atoms with Crippen LogP contribution in [0.25, 0.3) is 0 Å². The Kier molecular flexibility index (Phi) is 12.1. The standard InChI is InChI=1S/C37H55N5O5S/c1-24(2)29(22-25(3)32(43)41-48(46,47)23-26-16-18-28(19-17-26)37(38)20-21-37)42(10)34(45)31(35(4,5)6)40-33(44)30(39-9)36(7,8)27-14-12-11-13-15-27/h11-19,22,24,29-31,39H,20-21,23,38H2,1-10H3,(H,40,44)(H,41,43)/b25-22+/t29-,30-,31?/m1/s1. The van der Waals surface area contributed by atoms with Crippen molar-refractivity contribution in [3.05, 3.63) is 82.9 Å². The molecule has 3 rings (SSSR count). The van der Waals surface area contributed by atoms with Gasteiger partial charge in [-0.05, 0) is 54.8 Å². The number of nitrogens with one attached hydrogen (secondary N) is 3. The molecule has 1 aliphatic rings. The van der Waals surface area contributed by atoms with Crippen LogP contribution < -0.4 is 21.1 Å². The van der Waals surface area contributed by atoms with Crippen molar-refractivity contribution in [2.24, 2.45) is 17.1 Å². The Bertz CT molecular complexity index is 1590. The fourth-order valence-electron chi connectivity index (χ4n) is 6.00. The Balaban J connectivity index is 1.76. The predicted octanol–water partition coefficient (Wildman–Crippen LogP) is 4.11. The van der Waals surface area contributed by atoms with Gasteiger partial charge in [-0.15, -0.1) is 0 Å². The molecule has 0 aromatic heterocycles. The molecule has 1 aliphatic carbocycles. The lowest BCUT2D eigenvalue weighted by Gasteiger charge is -2.40. The van der Waals surface area contributed by atoms with Crippen molar-refractivity contribution in [2.45, 2.75) is 103 Å². The van der Waals surface area contributed by atoms with Gasteiger partial charge in [0.1, 0.15) is 6.04 Å². The Morgan fingerprint density at radius 3 is 2.00 bits per heavy atom. The molecule has 1 unspecified atom stereocenters. The molecule has 5 N–H and O–H groups in total. The van der Waals surface area contributed by atoms with Crippen molar-refractivity contribution < 1.29 is 22.8 Å². The average Bonchev–Trinajstić information content (AvgIpc) is 3.75. The smallest absolute Gasteiger partial charge is 0.260 e. The van der Waals surface area contributed by atoms with Crippen LogP contribution in [-0.2, 0) is 41.1 Å². The molecule has 3 amide bonds. The molecule has 10 nitrogen and oxygen atoms in total. The second-order valence-corrected chi connectivity index (χ2v) is 16.9. The number of nitrogens with zero attached hydrogens (tertiary/aromatic N) is 1. The summed E-state index contributed by atoms with van der Waals surface area (Å²) in [6.07, 6.45) is 3.41. The summed E-state index contributed by atoms with van der Waals surface area (Å²) in [5.41, 5.74) is 7.32. The first-order valence-corrected chi connectivity index (χ1v) is 18.2. The lowest BCUT2D eigenvalue weighted by Crippen LogP contribution is -2.61. The molecule has 2 aromatic carbocycles. The molecule has 2 aromatic rings. The molecule has 0 heterocycles. The zero-order valence-electron chi connectivity index (χ0n) is 30.2. The zero-order chi connectivity index (χ0) is 36.2. The van der Waals surface area contributed by atoms with Crippen molar-refractivity contribution in [1.29, 1.82) is 0 Å². The first-order chi connectivity index (χ1) is 22.1. The van der Waals surface area contributed by atoms with Crippen LogP contribution >= 0.6 is 0 Å². The van der Waals surface area contributed by atoms with Gasteiger partial charge in [-0.1, -0.05) is 109 Å². The van der Waals surface area contributed by atoms with E-state index in [4.69, 9.17) is 5.73 Å². The van der Waals surface area contributed by atoms with E-state index in [0.717, 1.165) is 24.0 Å². The number of benzene rings is 2. The van der Waals surface area contributed by atoms with E-state index in [1.807, 2.05) is 90.9 Å². The van der Waals surface area contributed by atoms with Crippen LogP contribution in [0.1, 0.15) is 84.9 Å². The average molecular weight is 682 g/mol. The number of carbonyl (C=O) groups is 3. The van der Waals surface area contributed by atoms with Crippen LogP contribution in [0.4, 0.5) is 0 Å². The molecule has 0 saturated heterocycles. The fraction of sp³-hybridized carbons (Fsp3) is 0.541. The third-order valence-corrected chi connectivity index (χ3v) is 10.6. The van der Waals surface area contributed by atoms with E-state index in [9.17, 15) is 22.8 Å². The second-order valence-electron chi connectivity index (χ2n) is 15.2. The summed E-state index contributed by atoms with van der Waals surface area (Å²) in [7, 11) is -0.638. The van der Waals surface area contributed by atoms with E-state index in [1.165, 1.54) is 11.8 Å². The van der Waals surface area contributed by atoms with Crippen LogP contribution in [0, 0.1) is 11.3 Å². The topological polar surface area (TPSA) is 151 Å². The number of hydrogen-bond acceptors (Lipinski definition) is 7. The Hall–Kier alpha value is -3.54. The van der Waals surface area contributed by atoms with E-state index in [-0.39, 0.29) is 34.6 Å². The number of sulfonamides is 1. The van der Waals surface area contributed by atoms with Crippen LogP contribution in [0.2, 0.25) is 0 Å². The summed E-state index contributed by atoms with van der Waals surface area (Å²) >= 11 is 0. The third-order valence-electron chi connectivity index (χ3n) is 9.37. The Labute approximate surface area is 287 Å². The van der Waals surface area contributed by atoms with Gasteiger partial charge in [0.25, 0.3) is 5.91 Å². The number of nitrogens with two attached hydrogens (primary N) is 1. The Morgan fingerprint density at radius 1 is 0.958 bits per heavy atom. The van der Waals surface area contributed by atoms with Crippen molar-refractivity contribution in [3.63, 3.8) is 0 Å². The van der Waals surface area contributed by atoms with Gasteiger partial charge in [0.05, 0.1) is 17.8 Å². The first-order valence-electron chi connectivity index (χ1n) is 16.5. The maximum absolute atomic E-state index is 14.1. The van der Waals surface area contributed by atoms with E-state index in [0.29, 0.717) is 5.56 Å². The molecule has 0 aliphatic heterocycles. The summed E-state index contributed by atoms with van der Waals surface area (Å²) < 4.78 is 28.0. The molecule has 0 bridgehead atoms. The van der Waals surface area contributed by atoms with E-state index in [1.54, 1.807) is 32.3 Å². The predicted molar refractivity (Wildman–Crippen MR) is 191 cm³/mol. The number of rotatable bonds is 14. The molecule has 0 spiro atoms. The second kappa shape index (κ2) is 14.9. The van der Waals surface area contributed by atoms with Gasteiger partial charge in [0.15, 0.2) is 0 Å². The van der Waals surface area contributed by atoms with Gasteiger partial charge in [-0.2, -0.15) is 0 Å². The molecule has 0 radical (unpaired) electrons. The van der Waals surface area contributed by atoms with Gasteiger partial charge in [-0.3, -0.25) is 14.4 Å². The summed E-state index contributed by atoms with van der Waals surface area (Å²) in [6.45, 7) is 15.0. The Morgan fingerprint density at radius 2 is 1.52 bits per heavy atom. The summed E-state index contributed by atoms with van der Waals surface area (Å²) in [4.78, 5) is 42.6. The van der Waals surface area contributed by atoms with E-state index < -0.39 is 44.9 Å². The third kappa shape index (κ3) is 9.54. The minimum atomic E-state index is -4.00. The lowest BCUT2D eigenvalue weighted by molar-refractivity contribution is -0.140. The van der Waals surface area contributed by atoms with E-state index in [2.05, 4.69) is 15.4 Å². The van der Waals surface area contributed by atoms with E-state index >= 15 is 0 Å². The summed E-state index contributed by atoms with van der Waals surface area (Å²) in [5, 5.41) is 6.17. The van der Waals surface area contributed by atoms with Crippen LogP contribution in [0.15, 0.2) is 66.2 Å². The van der Waals surface area contributed by atoms with Gasteiger partial charge in [-0.25, -0.2) is 13.1 Å². The summed E-state index contributed by atoms with van der Waals surface area (Å²) in [6, 6.07) is 14.8. The summed E-state index contributed by atoms with van der Waals surface area (Å²) in [5.74, 6) is -1.90. The van der Waals surface area contributed by atoms with Gasteiger partial charge in [0, 0.05) is 23.6 Å². The number of likely N-dealkylation sites (N-methyl/N-ethyl adjacent to an activating group) is 2. The highest BCUT2D eigenvalue weighted by Gasteiger charge is 2.42. The maximum Gasteiger partial charge on any atom is 0.260 e. The highest BCUT2D eigenvalue weighted by molar-refractivity contribution is 7.89. The largest absolute Gasteiger partial charge is 0.342 e. The van der Waals surface area contributed by atoms with Crippen molar-refractivity contribution in [1.82, 2.24) is 20.3 Å². The highest BCUT2D eigenvalue weighted by Crippen LogP contribution is 2.42. The van der Waals surface area contributed by atoms with Crippen LogP contribution in [0.3, 0.4) is 0 Å². The minimum Gasteiger partial charge on any atom is -0.342 e. The van der Waals surface area contributed by atoms with Crippen molar-refractivity contribution >= 4 is 27.7 Å². The van der Waals surface area contributed by atoms with Crippen LogP contribution in [0.5, 0.6) is 0 Å². The molecule has 48 heavy (non-hydrogen) atoms. The number of hydrogen-bond donors (Lipinski definition) is 4. The quantitative estimate of drug-likeness (QED) is 0.219. The molecule has 3 atom stereocenters. The van der Waals surface area contributed by atoms with Gasteiger partial charge < -0.3 is 21.3 Å². The monoisotopic (exact) mass is 681 g/mol. The molecule has 11 heteroatoms. The molecular weight excluding hydrogens is 627 g/mol. The molecule has 1 saturated carbocycles. The molecular formula is C37H55N5O5S. The SMILES string of the molecule is CN[C@H](C(=O)NC(C(=O)N(C)[C@H](/C=C(\C)C(=O)NS(=O)(=O)Cc1ccc(C2(N)CC2)cc1)C(C)C)C(C)(C)C)C(C)(C)c1ccccc1. The highest BCUT2D eigenvalue weighted by atomic mass is 32.2. The number of carbonyl (C=O) groups excluding carboxylic acids is 3. The zero-order valence-corrected chi connectivity index (χ0v) is 31.0. The molecule has 1 fully saturated rings. The van der Waals surface area contributed by atoms with Gasteiger partial charge in [0.2, 0.25) is 21.8 Å². The normalized spacial score (nSPS) is 16.9. The first kappa shape index (κ1) is 38.9. The van der Waals surface area contributed by atoms with Crippen molar-refractivity contribution in [2.75, 3.05) is 14.1 Å². The lowest BCUT2D eigenvalue weighted by atomic mass is 9.76. The van der Waals surface area contributed by atoms with Crippen LogP contribution in [-0.4, -0.2) is 63.3 Å². The fourth-order valence-corrected chi connectivity index (χ4v) is 7.14. The maximum atomic E-state index is 14.1. The molecule has 264 valence electrons. The minimum absolute atomic E-state index is 0.132. The van der Waals surface area contributed by atoms with Gasteiger partial charge >= 0.3 is 0 Å². The number of amides is 3. The van der Waals surface area contributed by atoms with Crippen molar-refractivity contribution in [3.8, 4) is 0 Å².